The van der Waals surface area contributed by atoms with E-state index < -0.39 is 37.9 Å². The first-order valence-electron chi connectivity index (χ1n) is 10.0. The van der Waals surface area contributed by atoms with Crippen LogP contribution in [0.4, 0.5) is 0 Å². The molecule has 2 aliphatic heterocycles. The van der Waals surface area contributed by atoms with Gasteiger partial charge in [0, 0.05) is 17.2 Å². The highest BCUT2D eigenvalue weighted by Gasteiger charge is 2.36. The summed E-state index contributed by atoms with van der Waals surface area (Å²) in [5, 5.41) is 11.2. The minimum absolute atomic E-state index is 0.0221. The molecule has 33 heavy (non-hydrogen) atoms. The Morgan fingerprint density at radius 3 is 2.33 bits per heavy atom. The van der Waals surface area contributed by atoms with Crippen LogP contribution in [0.2, 0.25) is 0 Å². The van der Waals surface area contributed by atoms with Crippen molar-refractivity contribution in [1.29, 1.82) is 0 Å². The SMILES string of the molecule is CC1(C)C=Cc2c(ccc3c2OC[C@@H](c2ccc(OS(C)(=O)=O)cc2OS(C)(=O)=O)[C@H]3O)O1. The van der Waals surface area contributed by atoms with E-state index in [1.807, 2.05) is 26.0 Å². The molecule has 4 rings (SSSR count). The maximum absolute atomic E-state index is 11.8. The number of hydrogen-bond donors (Lipinski definition) is 1. The van der Waals surface area contributed by atoms with Crippen molar-refractivity contribution in [3.63, 3.8) is 0 Å². The van der Waals surface area contributed by atoms with Crippen LogP contribution in [0.5, 0.6) is 23.0 Å². The van der Waals surface area contributed by atoms with E-state index in [2.05, 4.69) is 0 Å². The molecular formula is C22H24O9S2. The molecule has 178 valence electrons. The number of ether oxygens (including phenoxy) is 2. The molecule has 11 heteroatoms. The predicted molar refractivity (Wildman–Crippen MR) is 121 cm³/mol. The summed E-state index contributed by atoms with van der Waals surface area (Å²) >= 11 is 0. The number of aliphatic hydroxyl groups excluding tert-OH is 1. The Labute approximate surface area is 192 Å². The van der Waals surface area contributed by atoms with Gasteiger partial charge >= 0.3 is 20.2 Å². The molecule has 0 saturated carbocycles. The van der Waals surface area contributed by atoms with Crippen LogP contribution < -0.4 is 17.8 Å². The van der Waals surface area contributed by atoms with Crippen LogP contribution in [0.1, 0.15) is 42.6 Å². The molecule has 0 saturated heterocycles. The third-order valence-electron chi connectivity index (χ3n) is 5.19. The van der Waals surface area contributed by atoms with Gasteiger partial charge in [0.2, 0.25) is 0 Å². The summed E-state index contributed by atoms with van der Waals surface area (Å²) < 4.78 is 68.5. The summed E-state index contributed by atoms with van der Waals surface area (Å²) in [5.74, 6) is 0.161. The van der Waals surface area contributed by atoms with Crippen molar-refractivity contribution in [2.24, 2.45) is 0 Å². The Hall–Kier alpha value is -2.76. The van der Waals surface area contributed by atoms with Gasteiger partial charge in [-0.15, -0.1) is 0 Å². The van der Waals surface area contributed by atoms with E-state index in [4.69, 9.17) is 17.8 Å². The Bertz CT molecular complexity index is 1340. The molecule has 9 nitrogen and oxygen atoms in total. The van der Waals surface area contributed by atoms with Crippen molar-refractivity contribution in [2.75, 3.05) is 19.1 Å². The lowest BCUT2D eigenvalue weighted by atomic mass is 9.85. The van der Waals surface area contributed by atoms with Crippen LogP contribution in [0, 0.1) is 0 Å². The lowest BCUT2D eigenvalue weighted by Gasteiger charge is -2.35. The Morgan fingerprint density at radius 1 is 1.00 bits per heavy atom. The Balaban J connectivity index is 1.74. The minimum atomic E-state index is -3.95. The largest absolute Gasteiger partial charge is 0.492 e. The maximum Gasteiger partial charge on any atom is 0.306 e. The van der Waals surface area contributed by atoms with Gasteiger partial charge in [0.25, 0.3) is 0 Å². The standard InChI is InChI=1S/C22H24O9S2/c1-22(2)10-9-15-18(29-22)8-7-16-20(23)17(12-28-21(15)16)14-6-5-13(30-32(3,24)25)11-19(14)31-33(4,26)27/h5-11,17,20,23H,12H2,1-4H3/t17-,20-/m0/s1. The summed E-state index contributed by atoms with van der Waals surface area (Å²) in [7, 11) is -7.79. The molecule has 0 bridgehead atoms. The molecule has 0 amide bonds. The van der Waals surface area contributed by atoms with Crippen molar-refractivity contribution >= 4 is 26.3 Å². The van der Waals surface area contributed by atoms with Crippen molar-refractivity contribution in [1.82, 2.24) is 0 Å². The topological polar surface area (TPSA) is 125 Å². The van der Waals surface area contributed by atoms with Gasteiger partial charge in [-0.25, -0.2) is 0 Å². The molecular weight excluding hydrogens is 472 g/mol. The van der Waals surface area contributed by atoms with Crippen LogP contribution in [-0.2, 0) is 20.2 Å². The van der Waals surface area contributed by atoms with E-state index >= 15 is 0 Å². The van der Waals surface area contributed by atoms with Gasteiger partial charge in [-0.3, -0.25) is 0 Å². The number of rotatable bonds is 5. The summed E-state index contributed by atoms with van der Waals surface area (Å²) in [6.07, 6.45) is 4.47. The van der Waals surface area contributed by atoms with E-state index in [-0.39, 0.29) is 18.1 Å². The smallest absolute Gasteiger partial charge is 0.306 e. The molecule has 2 aromatic carbocycles. The normalized spacial score (nSPS) is 21.2. The fraction of sp³-hybridized carbons (Fsp3) is 0.364. The van der Waals surface area contributed by atoms with E-state index in [0.717, 1.165) is 18.6 Å². The first-order chi connectivity index (χ1) is 15.2. The molecule has 0 aromatic heterocycles. The summed E-state index contributed by atoms with van der Waals surface area (Å²) in [4.78, 5) is 0. The first-order valence-corrected chi connectivity index (χ1v) is 13.6. The quantitative estimate of drug-likeness (QED) is 0.622. The highest BCUT2D eigenvalue weighted by atomic mass is 32.2. The molecule has 1 N–H and O–H groups in total. The minimum Gasteiger partial charge on any atom is -0.492 e. The van der Waals surface area contributed by atoms with Crippen LogP contribution in [0.15, 0.2) is 36.4 Å². The monoisotopic (exact) mass is 496 g/mol. The first kappa shape index (κ1) is 23.4. The second-order valence-electron chi connectivity index (χ2n) is 8.57. The van der Waals surface area contributed by atoms with Gasteiger partial charge in [-0.1, -0.05) is 6.07 Å². The zero-order valence-electron chi connectivity index (χ0n) is 18.4. The van der Waals surface area contributed by atoms with Crippen molar-refractivity contribution in [3.05, 3.63) is 53.1 Å². The average molecular weight is 497 g/mol. The fourth-order valence-corrected chi connectivity index (χ4v) is 4.79. The Kier molecular flexibility index (Phi) is 5.62. The number of hydrogen-bond acceptors (Lipinski definition) is 9. The highest BCUT2D eigenvalue weighted by molar-refractivity contribution is 7.86. The van der Waals surface area contributed by atoms with E-state index in [1.165, 1.54) is 12.1 Å². The molecule has 0 spiro atoms. The molecule has 2 heterocycles. The third kappa shape index (κ3) is 5.10. The van der Waals surface area contributed by atoms with Crippen molar-refractivity contribution in [2.45, 2.75) is 31.5 Å². The van der Waals surface area contributed by atoms with Gasteiger partial charge in [0.15, 0.2) is 0 Å². The summed E-state index contributed by atoms with van der Waals surface area (Å²) in [5.41, 5.74) is 1.09. The zero-order valence-corrected chi connectivity index (χ0v) is 20.1. The number of benzene rings is 2. The molecule has 0 radical (unpaired) electrons. The van der Waals surface area contributed by atoms with E-state index in [9.17, 15) is 21.9 Å². The van der Waals surface area contributed by atoms with E-state index in [1.54, 1.807) is 12.1 Å². The third-order valence-corrected chi connectivity index (χ3v) is 6.17. The highest BCUT2D eigenvalue weighted by Crippen LogP contribution is 2.49. The van der Waals surface area contributed by atoms with Gasteiger partial charge < -0.3 is 22.9 Å². The maximum atomic E-state index is 11.8. The summed E-state index contributed by atoms with van der Waals surface area (Å²) in [6.45, 7) is 3.88. The molecule has 2 aliphatic rings. The molecule has 0 aliphatic carbocycles. The predicted octanol–water partition coefficient (Wildman–Crippen LogP) is 2.76. The Morgan fingerprint density at radius 2 is 1.67 bits per heavy atom. The second-order valence-corrected chi connectivity index (χ2v) is 11.7. The van der Waals surface area contributed by atoms with Gasteiger partial charge in [0.1, 0.15) is 28.6 Å². The zero-order chi connectivity index (χ0) is 24.2. The average Bonchev–Trinajstić information content (AvgIpc) is 2.65. The van der Waals surface area contributed by atoms with E-state index in [0.29, 0.717) is 28.2 Å². The van der Waals surface area contributed by atoms with Gasteiger partial charge in [0.05, 0.1) is 36.7 Å². The summed E-state index contributed by atoms with van der Waals surface area (Å²) in [6, 6.07) is 7.43. The van der Waals surface area contributed by atoms with Crippen LogP contribution >= 0.6 is 0 Å². The fourth-order valence-electron chi connectivity index (χ4n) is 3.86. The van der Waals surface area contributed by atoms with Crippen molar-refractivity contribution < 1.29 is 39.8 Å². The van der Waals surface area contributed by atoms with Gasteiger partial charge in [-0.2, -0.15) is 16.8 Å². The molecule has 0 fully saturated rings. The van der Waals surface area contributed by atoms with Crippen molar-refractivity contribution in [3.8, 4) is 23.0 Å². The van der Waals surface area contributed by atoms with Gasteiger partial charge in [-0.05, 0) is 44.2 Å². The lowest BCUT2D eigenvalue weighted by Crippen LogP contribution is -2.29. The molecule has 2 aromatic rings. The molecule has 0 unspecified atom stereocenters. The lowest BCUT2D eigenvalue weighted by molar-refractivity contribution is 0.0867. The van der Waals surface area contributed by atoms with Crippen LogP contribution in [0.3, 0.4) is 0 Å². The number of aliphatic hydroxyl groups is 1. The van der Waals surface area contributed by atoms with Crippen LogP contribution in [0.25, 0.3) is 6.08 Å². The number of fused-ring (bicyclic) bond motifs is 3. The molecule has 2 atom stereocenters. The van der Waals surface area contributed by atoms with Crippen LogP contribution in [-0.4, -0.2) is 46.7 Å². The second kappa shape index (κ2) is 7.93.